The molecule has 20 heavy (non-hydrogen) atoms. The number of aliphatic hydroxyl groups is 1. The molecule has 0 amide bonds. The summed E-state index contributed by atoms with van der Waals surface area (Å²) in [4.78, 5) is 0. The molecule has 0 fully saturated rings. The van der Waals surface area contributed by atoms with Crippen LogP contribution >= 0.6 is 0 Å². The van der Waals surface area contributed by atoms with Gasteiger partial charge in [-0.25, -0.2) is 0 Å². The van der Waals surface area contributed by atoms with Crippen molar-refractivity contribution >= 4 is 0 Å². The standard InChI is InChI=1S/C17H29NO2/c1-3-4-5-9-12-20-14-17(19)13-18-15(2)16-10-7-6-8-11-16/h6-8,10-11,15,17-19H,3-5,9,12-14H2,1-2H3/t15-,17?/m1/s1. The van der Waals surface area contributed by atoms with Crippen LogP contribution in [0.25, 0.3) is 0 Å². The second-order valence-corrected chi connectivity index (χ2v) is 5.33. The second kappa shape index (κ2) is 10.8. The highest BCUT2D eigenvalue weighted by Gasteiger charge is 2.08. The van der Waals surface area contributed by atoms with Crippen LogP contribution in [0.1, 0.15) is 51.1 Å². The van der Waals surface area contributed by atoms with Crippen LogP contribution in [0, 0.1) is 0 Å². The van der Waals surface area contributed by atoms with Gasteiger partial charge in [0.2, 0.25) is 0 Å². The lowest BCUT2D eigenvalue weighted by Gasteiger charge is -2.17. The Bertz CT molecular complexity index is 329. The first kappa shape index (κ1) is 17.2. The van der Waals surface area contributed by atoms with Crippen LogP contribution < -0.4 is 5.32 Å². The molecule has 0 saturated carbocycles. The molecular weight excluding hydrogens is 250 g/mol. The Morgan fingerprint density at radius 1 is 1.15 bits per heavy atom. The maximum absolute atomic E-state index is 9.86. The van der Waals surface area contributed by atoms with Gasteiger partial charge in [-0.05, 0) is 18.9 Å². The van der Waals surface area contributed by atoms with Crippen LogP contribution in [-0.4, -0.2) is 31.0 Å². The van der Waals surface area contributed by atoms with E-state index in [1.165, 1.54) is 24.8 Å². The van der Waals surface area contributed by atoms with Crippen molar-refractivity contribution in [2.45, 2.75) is 51.7 Å². The first-order valence-electron chi connectivity index (χ1n) is 7.78. The van der Waals surface area contributed by atoms with E-state index in [-0.39, 0.29) is 6.04 Å². The summed E-state index contributed by atoms with van der Waals surface area (Å²) >= 11 is 0. The van der Waals surface area contributed by atoms with Gasteiger partial charge >= 0.3 is 0 Å². The van der Waals surface area contributed by atoms with Crippen LogP contribution in [0.2, 0.25) is 0 Å². The van der Waals surface area contributed by atoms with Gasteiger partial charge in [0.05, 0.1) is 12.7 Å². The minimum absolute atomic E-state index is 0.246. The number of rotatable bonds is 11. The van der Waals surface area contributed by atoms with Crippen molar-refractivity contribution in [3.05, 3.63) is 35.9 Å². The van der Waals surface area contributed by atoms with Crippen LogP contribution in [0.3, 0.4) is 0 Å². The smallest absolute Gasteiger partial charge is 0.0897 e. The van der Waals surface area contributed by atoms with Crippen molar-refractivity contribution in [1.29, 1.82) is 0 Å². The first-order chi connectivity index (χ1) is 9.74. The van der Waals surface area contributed by atoms with Crippen molar-refractivity contribution in [3.63, 3.8) is 0 Å². The summed E-state index contributed by atoms with van der Waals surface area (Å²) in [6.07, 6.45) is 4.38. The molecule has 0 aliphatic carbocycles. The molecule has 0 bridgehead atoms. The Morgan fingerprint density at radius 2 is 1.90 bits per heavy atom. The van der Waals surface area contributed by atoms with Crippen LogP contribution in [0.4, 0.5) is 0 Å². The fourth-order valence-electron chi connectivity index (χ4n) is 2.08. The fraction of sp³-hybridized carbons (Fsp3) is 0.647. The molecule has 1 aromatic carbocycles. The maximum atomic E-state index is 9.86. The number of unbranched alkanes of at least 4 members (excludes halogenated alkanes) is 3. The lowest BCUT2D eigenvalue weighted by Crippen LogP contribution is -2.32. The molecule has 3 heteroatoms. The molecular formula is C17H29NO2. The van der Waals surface area contributed by atoms with Crippen molar-refractivity contribution in [2.75, 3.05) is 19.8 Å². The van der Waals surface area contributed by atoms with E-state index in [0.29, 0.717) is 13.2 Å². The number of nitrogens with one attached hydrogen (secondary N) is 1. The fourth-order valence-corrected chi connectivity index (χ4v) is 2.08. The van der Waals surface area contributed by atoms with Gasteiger partial charge in [-0.1, -0.05) is 56.5 Å². The molecule has 1 aromatic rings. The van der Waals surface area contributed by atoms with E-state index in [4.69, 9.17) is 4.74 Å². The topological polar surface area (TPSA) is 41.5 Å². The highest BCUT2D eigenvalue weighted by atomic mass is 16.5. The van der Waals surface area contributed by atoms with Gasteiger partial charge in [0.15, 0.2) is 0 Å². The zero-order valence-corrected chi connectivity index (χ0v) is 12.8. The van der Waals surface area contributed by atoms with Gasteiger partial charge < -0.3 is 15.2 Å². The van der Waals surface area contributed by atoms with E-state index in [9.17, 15) is 5.11 Å². The van der Waals surface area contributed by atoms with Crippen LogP contribution in [-0.2, 0) is 4.74 Å². The summed E-state index contributed by atoms with van der Waals surface area (Å²) < 4.78 is 5.49. The Morgan fingerprint density at radius 3 is 2.60 bits per heavy atom. The molecule has 0 aromatic heterocycles. The van der Waals surface area contributed by atoms with E-state index in [1.807, 2.05) is 18.2 Å². The third-order valence-electron chi connectivity index (χ3n) is 3.41. The zero-order chi connectivity index (χ0) is 14.6. The van der Waals surface area contributed by atoms with Crippen molar-refractivity contribution in [2.24, 2.45) is 0 Å². The number of benzene rings is 1. The zero-order valence-electron chi connectivity index (χ0n) is 12.8. The molecule has 3 nitrogen and oxygen atoms in total. The molecule has 0 saturated heterocycles. The van der Waals surface area contributed by atoms with E-state index >= 15 is 0 Å². The van der Waals surface area contributed by atoms with Gasteiger partial charge in [-0.15, -0.1) is 0 Å². The quantitative estimate of drug-likeness (QED) is 0.611. The lowest BCUT2D eigenvalue weighted by atomic mass is 10.1. The summed E-state index contributed by atoms with van der Waals surface area (Å²) in [5.41, 5.74) is 1.24. The molecule has 0 heterocycles. The molecule has 1 rings (SSSR count). The Balaban J connectivity index is 2.06. The highest BCUT2D eigenvalue weighted by Crippen LogP contribution is 2.10. The molecule has 114 valence electrons. The predicted octanol–water partition coefficient (Wildman–Crippen LogP) is 3.30. The normalized spacial score (nSPS) is 14.2. The minimum Gasteiger partial charge on any atom is -0.389 e. The van der Waals surface area contributed by atoms with Crippen molar-refractivity contribution in [1.82, 2.24) is 5.32 Å². The summed E-state index contributed by atoms with van der Waals surface area (Å²) in [7, 11) is 0. The molecule has 0 spiro atoms. The number of hydrogen-bond acceptors (Lipinski definition) is 3. The van der Waals surface area contributed by atoms with E-state index in [0.717, 1.165) is 13.0 Å². The maximum Gasteiger partial charge on any atom is 0.0897 e. The summed E-state index contributed by atoms with van der Waals surface area (Å²) in [5.74, 6) is 0. The monoisotopic (exact) mass is 279 g/mol. The van der Waals surface area contributed by atoms with E-state index < -0.39 is 6.10 Å². The molecule has 2 atom stereocenters. The van der Waals surface area contributed by atoms with Crippen LogP contribution in [0.15, 0.2) is 30.3 Å². The summed E-state index contributed by atoms with van der Waals surface area (Å²) in [6, 6.07) is 10.5. The number of aliphatic hydroxyl groups excluding tert-OH is 1. The van der Waals surface area contributed by atoms with E-state index in [2.05, 4.69) is 31.3 Å². The number of ether oxygens (including phenoxy) is 1. The Kier molecular flexibility index (Phi) is 9.29. The predicted molar refractivity (Wildman–Crippen MR) is 83.8 cm³/mol. The second-order valence-electron chi connectivity index (χ2n) is 5.33. The van der Waals surface area contributed by atoms with Gasteiger partial charge in [0.25, 0.3) is 0 Å². The largest absolute Gasteiger partial charge is 0.389 e. The van der Waals surface area contributed by atoms with E-state index in [1.54, 1.807) is 0 Å². The summed E-state index contributed by atoms with van der Waals surface area (Å²) in [5, 5.41) is 13.2. The van der Waals surface area contributed by atoms with Gasteiger partial charge in [0, 0.05) is 19.2 Å². The third kappa shape index (κ3) is 7.63. The molecule has 0 aliphatic rings. The molecule has 0 radical (unpaired) electrons. The van der Waals surface area contributed by atoms with Crippen molar-refractivity contribution < 1.29 is 9.84 Å². The number of hydrogen-bond donors (Lipinski definition) is 2. The Labute approximate surface area is 123 Å². The SMILES string of the molecule is CCCCCCOCC(O)CN[C@H](C)c1ccccc1. The Hall–Kier alpha value is -0.900. The average molecular weight is 279 g/mol. The van der Waals surface area contributed by atoms with Gasteiger partial charge in [0.1, 0.15) is 0 Å². The average Bonchev–Trinajstić information content (AvgIpc) is 2.49. The van der Waals surface area contributed by atoms with Gasteiger partial charge in [-0.3, -0.25) is 0 Å². The lowest BCUT2D eigenvalue weighted by molar-refractivity contribution is 0.0343. The molecule has 1 unspecified atom stereocenters. The highest BCUT2D eigenvalue weighted by molar-refractivity contribution is 5.17. The van der Waals surface area contributed by atoms with Gasteiger partial charge in [-0.2, -0.15) is 0 Å². The van der Waals surface area contributed by atoms with Crippen LogP contribution in [0.5, 0.6) is 0 Å². The van der Waals surface area contributed by atoms with Crippen molar-refractivity contribution in [3.8, 4) is 0 Å². The third-order valence-corrected chi connectivity index (χ3v) is 3.41. The first-order valence-corrected chi connectivity index (χ1v) is 7.78. The minimum atomic E-state index is -0.438. The molecule has 2 N–H and O–H groups in total. The summed E-state index contributed by atoms with van der Waals surface area (Å²) in [6.45, 7) is 6.04. The molecule has 0 aliphatic heterocycles.